The van der Waals surface area contributed by atoms with Crippen LogP contribution in [0.2, 0.25) is 0 Å². The van der Waals surface area contributed by atoms with E-state index >= 15 is 0 Å². The molecule has 1 aromatic carbocycles. The molecule has 0 atom stereocenters. The van der Waals surface area contributed by atoms with Crippen molar-refractivity contribution in [1.29, 1.82) is 0 Å². The quantitative estimate of drug-likeness (QED) is 0.890. The lowest BCUT2D eigenvalue weighted by atomic mass is 10.1. The number of amides is 1. The first-order valence-electron chi connectivity index (χ1n) is 7.66. The summed E-state index contributed by atoms with van der Waals surface area (Å²) in [5.74, 6) is 0.360. The molecule has 2 rings (SSSR count). The third-order valence-corrected chi connectivity index (χ3v) is 3.54. The average Bonchev–Trinajstić information content (AvgIpc) is 2.57. The van der Waals surface area contributed by atoms with E-state index in [2.05, 4.69) is 22.2 Å². The average molecular weight is 298 g/mol. The van der Waals surface area contributed by atoms with Crippen LogP contribution in [-0.4, -0.2) is 29.0 Å². The number of carbonyl (C=O) groups excluding carboxylic acids is 1. The van der Waals surface area contributed by atoms with Crippen molar-refractivity contribution in [2.75, 3.05) is 23.3 Å². The second-order valence-corrected chi connectivity index (χ2v) is 4.92. The fourth-order valence-electron chi connectivity index (χ4n) is 2.15. The molecule has 0 saturated carbocycles. The third kappa shape index (κ3) is 3.81. The number of hydrogen-bond acceptors (Lipinski definition) is 4. The maximum Gasteiger partial charge on any atom is 0.274 e. The third-order valence-electron chi connectivity index (χ3n) is 3.54. The maximum absolute atomic E-state index is 12.3. The van der Waals surface area contributed by atoms with Crippen LogP contribution >= 0.6 is 0 Å². The number of nitrogens with one attached hydrogen (secondary N) is 1. The molecule has 0 aliphatic rings. The molecule has 0 saturated heterocycles. The van der Waals surface area contributed by atoms with Crippen molar-refractivity contribution in [3.8, 4) is 0 Å². The Morgan fingerprint density at radius 3 is 2.36 bits per heavy atom. The van der Waals surface area contributed by atoms with Crippen LogP contribution in [0.3, 0.4) is 0 Å². The second-order valence-electron chi connectivity index (χ2n) is 4.92. The summed E-state index contributed by atoms with van der Waals surface area (Å²) in [4.78, 5) is 22.9. The lowest BCUT2D eigenvalue weighted by Gasteiger charge is -2.18. The van der Waals surface area contributed by atoms with Crippen molar-refractivity contribution >= 4 is 17.5 Å². The van der Waals surface area contributed by atoms with Crippen molar-refractivity contribution < 1.29 is 4.79 Å². The summed E-state index contributed by atoms with van der Waals surface area (Å²) < 4.78 is 0. The van der Waals surface area contributed by atoms with Gasteiger partial charge in [-0.25, -0.2) is 9.97 Å². The fourth-order valence-corrected chi connectivity index (χ4v) is 2.15. The van der Waals surface area contributed by atoms with Gasteiger partial charge in [0.15, 0.2) is 0 Å². The Labute approximate surface area is 131 Å². The van der Waals surface area contributed by atoms with E-state index in [1.54, 1.807) is 12.3 Å². The molecule has 5 heteroatoms. The Hall–Kier alpha value is -2.43. The minimum Gasteiger partial charge on any atom is -0.341 e. The van der Waals surface area contributed by atoms with Gasteiger partial charge in [-0.2, -0.15) is 0 Å². The Kier molecular flexibility index (Phi) is 5.47. The van der Waals surface area contributed by atoms with E-state index in [1.807, 2.05) is 43.0 Å². The minimum atomic E-state index is -0.222. The molecule has 1 amide bonds. The zero-order valence-electron chi connectivity index (χ0n) is 13.3. The lowest BCUT2D eigenvalue weighted by molar-refractivity contribution is 0.102. The van der Waals surface area contributed by atoms with E-state index in [0.29, 0.717) is 11.6 Å². The molecule has 0 unspecified atom stereocenters. The summed E-state index contributed by atoms with van der Waals surface area (Å²) in [6.45, 7) is 7.78. The highest BCUT2D eigenvalue weighted by Crippen LogP contribution is 2.12. The van der Waals surface area contributed by atoms with Gasteiger partial charge < -0.3 is 10.2 Å². The van der Waals surface area contributed by atoms with Crippen LogP contribution < -0.4 is 10.2 Å². The van der Waals surface area contributed by atoms with Gasteiger partial charge in [-0.15, -0.1) is 0 Å². The number of anilines is 2. The van der Waals surface area contributed by atoms with Crippen LogP contribution in [0.25, 0.3) is 0 Å². The summed E-state index contributed by atoms with van der Waals surface area (Å²) in [6.07, 6.45) is 2.60. The molecule has 0 fully saturated rings. The molecule has 5 nitrogen and oxygen atoms in total. The highest BCUT2D eigenvalue weighted by molar-refractivity contribution is 6.02. The Morgan fingerprint density at radius 2 is 1.77 bits per heavy atom. The van der Waals surface area contributed by atoms with E-state index < -0.39 is 0 Å². The van der Waals surface area contributed by atoms with Crippen LogP contribution in [-0.2, 0) is 6.42 Å². The maximum atomic E-state index is 12.3. The number of benzene rings is 1. The normalized spacial score (nSPS) is 10.3. The molecule has 1 heterocycles. The summed E-state index contributed by atoms with van der Waals surface area (Å²) in [6, 6.07) is 9.46. The van der Waals surface area contributed by atoms with E-state index in [0.717, 1.165) is 25.2 Å². The van der Waals surface area contributed by atoms with Crippen molar-refractivity contribution in [1.82, 2.24) is 9.97 Å². The molecule has 0 spiro atoms. The predicted molar refractivity (Wildman–Crippen MR) is 89.4 cm³/mol. The molecule has 1 N–H and O–H groups in total. The first-order valence-corrected chi connectivity index (χ1v) is 7.66. The molecule has 22 heavy (non-hydrogen) atoms. The van der Waals surface area contributed by atoms with E-state index in [4.69, 9.17) is 0 Å². The highest BCUT2D eigenvalue weighted by atomic mass is 16.1. The zero-order valence-corrected chi connectivity index (χ0v) is 13.3. The topological polar surface area (TPSA) is 58.1 Å². The van der Waals surface area contributed by atoms with Crippen molar-refractivity contribution in [2.45, 2.75) is 27.2 Å². The number of carbonyl (C=O) groups is 1. The van der Waals surface area contributed by atoms with E-state index in [9.17, 15) is 4.79 Å². The zero-order chi connectivity index (χ0) is 15.9. The van der Waals surface area contributed by atoms with Gasteiger partial charge in [0.2, 0.25) is 5.95 Å². The summed E-state index contributed by atoms with van der Waals surface area (Å²) >= 11 is 0. The second kappa shape index (κ2) is 7.54. The number of rotatable bonds is 6. The molecule has 0 aliphatic carbocycles. The van der Waals surface area contributed by atoms with Gasteiger partial charge in [-0.05, 0) is 44.0 Å². The number of hydrogen-bond donors (Lipinski definition) is 1. The summed E-state index contributed by atoms with van der Waals surface area (Å²) in [5.41, 5.74) is 2.38. The number of aryl methyl sites for hydroxylation is 1. The molecule has 0 aliphatic heterocycles. The molecule has 2 aromatic rings. The van der Waals surface area contributed by atoms with Crippen molar-refractivity contribution in [3.05, 3.63) is 47.8 Å². The highest BCUT2D eigenvalue weighted by Gasteiger charge is 2.11. The summed E-state index contributed by atoms with van der Waals surface area (Å²) in [7, 11) is 0. The Balaban J connectivity index is 2.13. The Morgan fingerprint density at radius 1 is 1.09 bits per heavy atom. The van der Waals surface area contributed by atoms with Crippen molar-refractivity contribution in [3.63, 3.8) is 0 Å². The van der Waals surface area contributed by atoms with Gasteiger partial charge in [0.25, 0.3) is 5.91 Å². The van der Waals surface area contributed by atoms with Gasteiger partial charge in [-0.3, -0.25) is 4.79 Å². The van der Waals surface area contributed by atoms with E-state index in [1.165, 1.54) is 5.56 Å². The number of nitrogens with zero attached hydrogens (tertiary/aromatic N) is 3. The monoisotopic (exact) mass is 298 g/mol. The minimum absolute atomic E-state index is 0.222. The van der Waals surface area contributed by atoms with Gasteiger partial charge in [0.05, 0.1) is 0 Å². The van der Waals surface area contributed by atoms with Crippen LogP contribution in [0.5, 0.6) is 0 Å². The molecule has 116 valence electrons. The standard InChI is InChI=1S/C17H22N4O/c1-4-13-7-9-14(10-8-13)19-16(22)15-11-12-18-17(20-15)21(5-2)6-3/h7-12H,4-6H2,1-3H3,(H,19,22). The molecular weight excluding hydrogens is 276 g/mol. The smallest absolute Gasteiger partial charge is 0.274 e. The molecule has 1 aromatic heterocycles. The first kappa shape index (κ1) is 15.9. The van der Waals surface area contributed by atoms with Gasteiger partial charge in [0, 0.05) is 25.0 Å². The largest absolute Gasteiger partial charge is 0.341 e. The van der Waals surface area contributed by atoms with Crippen LogP contribution in [0, 0.1) is 0 Å². The molecule has 0 bridgehead atoms. The summed E-state index contributed by atoms with van der Waals surface area (Å²) in [5, 5.41) is 2.86. The van der Waals surface area contributed by atoms with Gasteiger partial charge in [-0.1, -0.05) is 19.1 Å². The SMILES string of the molecule is CCc1ccc(NC(=O)c2ccnc(N(CC)CC)n2)cc1. The van der Waals surface area contributed by atoms with Crippen LogP contribution in [0.15, 0.2) is 36.5 Å². The molecular formula is C17H22N4O. The van der Waals surface area contributed by atoms with Crippen molar-refractivity contribution in [2.24, 2.45) is 0 Å². The number of aromatic nitrogens is 2. The predicted octanol–water partition coefficient (Wildman–Crippen LogP) is 3.14. The molecule has 0 radical (unpaired) electrons. The Bertz CT molecular complexity index is 621. The van der Waals surface area contributed by atoms with Crippen LogP contribution in [0.1, 0.15) is 36.8 Å². The lowest BCUT2D eigenvalue weighted by Crippen LogP contribution is -2.25. The van der Waals surface area contributed by atoms with Gasteiger partial charge in [0.1, 0.15) is 5.69 Å². The van der Waals surface area contributed by atoms with Gasteiger partial charge >= 0.3 is 0 Å². The van der Waals surface area contributed by atoms with E-state index in [-0.39, 0.29) is 5.91 Å². The fraction of sp³-hybridized carbons (Fsp3) is 0.353. The van der Waals surface area contributed by atoms with Crippen LogP contribution in [0.4, 0.5) is 11.6 Å². The first-order chi connectivity index (χ1) is 10.7.